The lowest BCUT2D eigenvalue weighted by Gasteiger charge is -2.27. The van der Waals surface area contributed by atoms with Crippen molar-refractivity contribution < 1.29 is 0 Å². The van der Waals surface area contributed by atoms with Gasteiger partial charge in [0.15, 0.2) is 0 Å². The summed E-state index contributed by atoms with van der Waals surface area (Å²) in [5.41, 5.74) is 2.27. The number of hydrogen-bond acceptors (Lipinski definition) is 4. The van der Waals surface area contributed by atoms with Crippen LogP contribution in [0.15, 0.2) is 6.07 Å². The van der Waals surface area contributed by atoms with Crippen molar-refractivity contribution in [2.75, 3.05) is 31.1 Å². The van der Waals surface area contributed by atoms with E-state index >= 15 is 0 Å². The molecule has 0 bridgehead atoms. The molecule has 110 valence electrons. The number of halogens is 2. The Morgan fingerprint density at radius 2 is 1.89 bits per heavy atom. The summed E-state index contributed by atoms with van der Waals surface area (Å²) in [6.45, 7) is 8.35. The minimum Gasteiger partial charge on any atom is -0.338 e. The zero-order valence-electron chi connectivity index (χ0n) is 11.7. The quantitative estimate of drug-likeness (QED) is 0.927. The van der Waals surface area contributed by atoms with Gasteiger partial charge in [0.2, 0.25) is 5.95 Å². The van der Waals surface area contributed by atoms with Gasteiger partial charge in [-0.25, -0.2) is 9.97 Å². The molecule has 1 aromatic rings. The van der Waals surface area contributed by atoms with Crippen LogP contribution in [0.5, 0.6) is 0 Å². The maximum Gasteiger partial charge on any atom is 0.225 e. The summed E-state index contributed by atoms with van der Waals surface area (Å²) in [6.07, 6.45) is 3.49. The molecule has 2 heterocycles. The number of nitrogens with one attached hydrogen (secondary N) is 1. The van der Waals surface area contributed by atoms with E-state index in [2.05, 4.69) is 40.1 Å². The van der Waals surface area contributed by atoms with E-state index in [0.29, 0.717) is 0 Å². The first-order chi connectivity index (χ1) is 8.29. The van der Waals surface area contributed by atoms with Crippen molar-refractivity contribution in [3.8, 4) is 0 Å². The molecule has 2 rings (SSSR count). The Balaban J connectivity index is 0.00000162. The molecule has 0 radical (unpaired) electrons. The first-order valence-corrected chi connectivity index (χ1v) is 6.60. The van der Waals surface area contributed by atoms with Crippen molar-refractivity contribution >= 4 is 30.8 Å². The minimum absolute atomic E-state index is 0. The predicted octanol–water partition coefficient (Wildman–Crippen LogP) is 2.38. The predicted molar refractivity (Wildman–Crippen MR) is 85.0 cm³/mol. The summed E-state index contributed by atoms with van der Waals surface area (Å²) in [4.78, 5) is 11.5. The highest BCUT2D eigenvalue weighted by atomic mass is 35.5. The van der Waals surface area contributed by atoms with E-state index in [1.54, 1.807) is 0 Å². The van der Waals surface area contributed by atoms with E-state index in [0.717, 1.165) is 44.2 Å². The number of hydrogen-bond donors (Lipinski definition) is 1. The van der Waals surface area contributed by atoms with Gasteiger partial charge in [0.05, 0.1) is 0 Å². The van der Waals surface area contributed by atoms with Crippen LogP contribution in [0.2, 0.25) is 0 Å². The molecule has 0 unspecified atom stereocenters. The summed E-state index contributed by atoms with van der Waals surface area (Å²) < 4.78 is 0. The third-order valence-corrected chi connectivity index (χ3v) is 3.08. The second-order valence-corrected chi connectivity index (χ2v) is 4.64. The third-order valence-electron chi connectivity index (χ3n) is 3.08. The van der Waals surface area contributed by atoms with Crippen LogP contribution in [0, 0.1) is 6.92 Å². The van der Waals surface area contributed by atoms with Crippen LogP contribution in [-0.4, -0.2) is 36.1 Å². The molecule has 0 aliphatic carbocycles. The van der Waals surface area contributed by atoms with Crippen molar-refractivity contribution in [2.24, 2.45) is 0 Å². The average Bonchev–Trinajstić information content (AvgIpc) is 2.37. The van der Waals surface area contributed by atoms with E-state index in [-0.39, 0.29) is 24.8 Å². The maximum atomic E-state index is 4.68. The highest BCUT2D eigenvalue weighted by Gasteiger charge is 2.13. The first kappa shape index (κ1) is 18.4. The molecule has 0 saturated carbocycles. The molecule has 1 aliphatic rings. The number of unbranched alkanes of at least 4 members (excludes halogenated alkanes) is 1. The van der Waals surface area contributed by atoms with E-state index in [1.807, 2.05) is 0 Å². The fourth-order valence-electron chi connectivity index (χ4n) is 2.11. The Morgan fingerprint density at radius 1 is 1.21 bits per heavy atom. The molecule has 6 heteroatoms. The molecule has 0 spiro atoms. The van der Waals surface area contributed by atoms with Crippen LogP contribution >= 0.6 is 24.8 Å². The van der Waals surface area contributed by atoms with Gasteiger partial charge in [0.1, 0.15) is 0 Å². The van der Waals surface area contributed by atoms with Crippen LogP contribution in [0.3, 0.4) is 0 Å². The van der Waals surface area contributed by atoms with Gasteiger partial charge in [-0.3, -0.25) is 0 Å². The van der Waals surface area contributed by atoms with Crippen LogP contribution in [0.25, 0.3) is 0 Å². The number of aromatic nitrogens is 2. The fraction of sp³-hybridized carbons (Fsp3) is 0.692. The van der Waals surface area contributed by atoms with Gasteiger partial charge in [-0.15, -0.1) is 24.8 Å². The SMILES string of the molecule is CCCCc1cc(C)nc(N2CCNCC2)n1.Cl.Cl. The molecule has 0 aromatic carbocycles. The zero-order valence-corrected chi connectivity index (χ0v) is 13.3. The Kier molecular flexibility index (Phi) is 9.06. The molecular weight excluding hydrogens is 283 g/mol. The lowest BCUT2D eigenvalue weighted by Crippen LogP contribution is -2.44. The minimum atomic E-state index is 0. The molecule has 19 heavy (non-hydrogen) atoms. The van der Waals surface area contributed by atoms with Gasteiger partial charge in [0, 0.05) is 37.6 Å². The molecule has 1 saturated heterocycles. The molecule has 1 aromatic heterocycles. The first-order valence-electron chi connectivity index (χ1n) is 6.60. The molecule has 1 aliphatic heterocycles. The van der Waals surface area contributed by atoms with Crippen LogP contribution in [-0.2, 0) is 6.42 Å². The zero-order chi connectivity index (χ0) is 12.1. The number of piperazine rings is 1. The largest absolute Gasteiger partial charge is 0.338 e. The second-order valence-electron chi connectivity index (χ2n) is 4.64. The van der Waals surface area contributed by atoms with Crippen LogP contribution in [0.1, 0.15) is 31.2 Å². The monoisotopic (exact) mass is 306 g/mol. The van der Waals surface area contributed by atoms with Gasteiger partial charge >= 0.3 is 0 Å². The Bertz CT molecular complexity index is 368. The number of rotatable bonds is 4. The lowest BCUT2D eigenvalue weighted by molar-refractivity contribution is 0.578. The second kappa shape index (κ2) is 9.34. The third kappa shape index (κ3) is 5.51. The van der Waals surface area contributed by atoms with Crippen molar-refractivity contribution in [1.29, 1.82) is 0 Å². The molecular formula is C13H24Cl2N4. The fourth-order valence-corrected chi connectivity index (χ4v) is 2.11. The smallest absolute Gasteiger partial charge is 0.225 e. The Labute approximate surface area is 128 Å². The highest BCUT2D eigenvalue weighted by molar-refractivity contribution is 5.85. The summed E-state index contributed by atoms with van der Waals surface area (Å²) in [6, 6.07) is 2.11. The molecule has 0 amide bonds. The average molecular weight is 307 g/mol. The standard InChI is InChI=1S/C13H22N4.2ClH/c1-3-4-5-12-10-11(2)15-13(16-12)17-8-6-14-7-9-17;;/h10,14H,3-9H2,1-2H3;2*1H. The summed E-state index contributed by atoms with van der Waals surface area (Å²) in [7, 11) is 0. The van der Waals surface area contributed by atoms with Gasteiger partial charge in [0.25, 0.3) is 0 Å². The van der Waals surface area contributed by atoms with Gasteiger partial charge in [-0.2, -0.15) is 0 Å². The Morgan fingerprint density at radius 3 is 2.53 bits per heavy atom. The highest BCUT2D eigenvalue weighted by Crippen LogP contribution is 2.12. The van der Waals surface area contributed by atoms with Gasteiger partial charge < -0.3 is 10.2 Å². The molecule has 1 fully saturated rings. The van der Waals surface area contributed by atoms with Crippen molar-refractivity contribution in [2.45, 2.75) is 33.1 Å². The van der Waals surface area contributed by atoms with Crippen LogP contribution in [0.4, 0.5) is 5.95 Å². The molecule has 4 nitrogen and oxygen atoms in total. The van der Waals surface area contributed by atoms with E-state index in [4.69, 9.17) is 0 Å². The number of aryl methyl sites for hydroxylation is 2. The maximum absolute atomic E-state index is 4.68. The lowest BCUT2D eigenvalue weighted by atomic mass is 10.2. The van der Waals surface area contributed by atoms with Gasteiger partial charge in [-0.05, 0) is 25.8 Å². The van der Waals surface area contributed by atoms with E-state index < -0.39 is 0 Å². The normalized spacial score (nSPS) is 14.5. The van der Waals surface area contributed by atoms with Crippen molar-refractivity contribution in [1.82, 2.24) is 15.3 Å². The van der Waals surface area contributed by atoms with Crippen molar-refractivity contribution in [3.63, 3.8) is 0 Å². The van der Waals surface area contributed by atoms with E-state index in [9.17, 15) is 0 Å². The topological polar surface area (TPSA) is 41.1 Å². The molecule has 1 N–H and O–H groups in total. The number of anilines is 1. The van der Waals surface area contributed by atoms with Crippen LogP contribution < -0.4 is 10.2 Å². The van der Waals surface area contributed by atoms with E-state index in [1.165, 1.54) is 18.5 Å². The van der Waals surface area contributed by atoms with Crippen molar-refractivity contribution in [3.05, 3.63) is 17.5 Å². The summed E-state index contributed by atoms with van der Waals surface area (Å²) in [5.74, 6) is 0.914. The summed E-state index contributed by atoms with van der Waals surface area (Å²) >= 11 is 0. The summed E-state index contributed by atoms with van der Waals surface area (Å²) in [5, 5.41) is 3.35. The van der Waals surface area contributed by atoms with Gasteiger partial charge in [-0.1, -0.05) is 13.3 Å². The molecule has 0 atom stereocenters. The number of nitrogens with zero attached hydrogens (tertiary/aromatic N) is 3. The Hall–Kier alpha value is -0.580.